The van der Waals surface area contributed by atoms with Crippen LogP contribution in [0.4, 0.5) is 0 Å². The predicted molar refractivity (Wildman–Crippen MR) is 82.9 cm³/mol. The van der Waals surface area contributed by atoms with E-state index < -0.39 is 0 Å². The molecule has 8 heteroatoms. The van der Waals surface area contributed by atoms with Gasteiger partial charge < -0.3 is 14.8 Å². The van der Waals surface area contributed by atoms with Crippen LogP contribution in [0.3, 0.4) is 0 Å². The summed E-state index contributed by atoms with van der Waals surface area (Å²) in [6.07, 6.45) is 2.94. The van der Waals surface area contributed by atoms with Gasteiger partial charge in [-0.25, -0.2) is 4.98 Å². The summed E-state index contributed by atoms with van der Waals surface area (Å²) >= 11 is 0. The van der Waals surface area contributed by atoms with Crippen molar-refractivity contribution in [3.05, 3.63) is 11.6 Å². The van der Waals surface area contributed by atoms with Crippen LogP contribution in [0.15, 0.2) is 0 Å². The summed E-state index contributed by atoms with van der Waals surface area (Å²) in [5.41, 5.74) is 0. The van der Waals surface area contributed by atoms with E-state index in [-0.39, 0.29) is 18.1 Å². The first-order valence-electron chi connectivity index (χ1n) is 8.38. The fourth-order valence-electron chi connectivity index (χ4n) is 2.91. The lowest BCUT2D eigenvalue weighted by Crippen LogP contribution is -2.45. The first kappa shape index (κ1) is 16.4. The van der Waals surface area contributed by atoms with E-state index in [9.17, 15) is 4.79 Å². The molecule has 0 bridgehead atoms. The smallest absolute Gasteiger partial charge is 0.234 e. The lowest BCUT2D eigenvalue weighted by molar-refractivity contribution is -0.125. The maximum atomic E-state index is 12.1. The third-order valence-electron chi connectivity index (χ3n) is 4.24. The van der Waals surface area contributed by atoms with Crippen LogP contribution in [0.5, 0.6) is 0 Å². The van der Waals surface area contributed by atoms with Gasteiger partial charge in [0.2, 0.25) is 5.91 Å². The van der Waals surface area contributed by atoms with E-state index in [1.807, 2.05) is 6.92 Å². The van der Waals surface area contributed by atoms with Crippen LogP contribution in [-0.2, 0) is 20.7 Å². The maximum absolute atomic E-state index is 12.1. The zero-order valence-corrected chi connectivity index (χ0v) is 13.6. The normalized spacial score (nSPS) is 25.6. The summed E-state index contributed by atoms with van der Waals surface area (Å²) in [6, 6.07) is 0. The first-order chi connectivity index (χ1) is 11.2. The molecule has 0 aromatic carbocycles. The Morgan fingerprint density at radius 1 is 1.43 bits per heavy atom. The number of aromatic nitrogens is 3. The fraction of sp³-hybridized carbons (Fsp3) is 0.800. The number of carbonyl (C=O) groups is 1. The molecule has 2 saturated heterocycles. The minimum atomic E-state index is -0.175. The van der Waals surface area contributed by atoms with Gasteiger partial charge in [0.25, 0.3) is 0 Å². The Morgan fingerprint density at radius 2 is 2.35 bits per heavy atom. The second-order valence-electron chi connectivity index (χ2n) is 6.03. The highest BCUT2D eigenvalue weighted by molar-refractivity contribution is 5.78. The monoisotopic (exact) mass is 323 g/mol. The number of hydrogen-bond donors (Lipinski definition) is 2. The third kappa shape index (κ3) is 4.49. The van der Waals surface area contributed by atoms with Gasteiger partial charge in [-0.05, 0) is 12.8 Å². The first-order valence-corrected chi connectivity index (χ1v) is 8.38. The Morgan fingerprint density at radius 3 is 3.09 bits per heavy atom. The predicted octanol–water partition coefficient (Wildman–Crippen LogP) is 0.0356. The van der Waals surface area contributed by atoms with Crippen LogP contribution in [0.2, 0.25) is 0 Å². The minimum absolute atomic E-state index is 0.0328. The van der Waals surface area contributed by atoms with Crippen molar-refractivity contribution < 1.29 is 14.3 Å². The van der Waals surface area contributed by atoms with Crippen molar-refractivity contribution in [2.24, 2.45) is 0 Å². The molecule has 0 aliphatic carbocycles. The van der Waals surface area contributed by atoms with Gasteiger partial charge in [0, 0.05) is 32.7 Å². The molecule has 128 valence electrons. The number of morpholine rings is 1. The van der Waals surface area contributed by atoms with E-state index in [2.05, 4.69) is 25.4 Å². The number of aromatic amines is 1. The molecule has 3 rings (SSSR count). The highest BCUT2D eigenvalue weighted by Crippen LogP contribution is 2.19. The largest absolute Gasteiger partial charge is 0.376 e. The Bertz CT molecular complexity index is 515. The maximum Gasteiger partial charge on any atom is 0.234 e. The quantitative estimate of drug-likeness (QED) is 0.768. The highest BCUT2D eigenvalue weighted by Gasteiger charge is 2.26. The molecule has 23 heavy (non-hydrogen) atoms. The molecule has 2 atom stereocenters. The van der Waals surface area contributed by atoms with Gasteiger partial charge in [0.05, 0.1) is 19.3 Å². The van der Waals surface area contributed by atoms with E-state index >= 15 is 0 Å². The molecule has 2 aliphatic rings. The number of ether oxygens (including phenoxy) is 2. The molecule has 2 fully saturated rings. The third-order valence-corrected chi connectivity index (χ3v) is 4.24. The number of amides is 1. The van der Waals surface area contributed by atoms with Gasteiger partial charge in [-0.15, -0.1) is 0 Å². The number of aryl methyl sites for hydroxylation is 1. The molecule has 1 aromatic rings. The highest BCUT2D eigenvalue weighted by atomic mass is 16.5. The van der Waals surface area contributed by atoms with Gasteiger partial charge in [0.15, 0.2) is 5.82 Å². The molecule has 0 saturated carbocycles. The number of nitrogens with one attached hydrogen (secondary N) is 2. The van der Waals surface area contributed by atoms with E-state index in [4.69, 9.17) is 9.47 Å². The fourth-order valence-corrected chi connectivity index (χ4v) is 2.91. The summed E-state index contributed by atoms with van der Waals surface area (Å²) in [4.78, 5) is 18.6. The van der Waals surface area contributed by atoms with E-state index in [0.717, 1.165) is 38.2 Å². The van der Waals surface area contributed by atoms with Crippen molar-refractivity contribution in [1.82, 2.24) is 25.4 Å². The van der Waals surface area contributed by atoms with Crippen molar-refractivity contribution in [2.75, 3.05) is 39.4 Å². The zero-order valence-electron chi connectivity index (χ0n) is 13.6. The van der Waals surface area contributed by atoms with E-state index in [1.54, 1.807) is 0 Å². The Kier molecular flexibility index (Phi) is 5.58. The molecule has 1 amide bonds. The van der Waals surface area contributed by atoms with Crippen LogP contribution >= 0.6 is 0 Å². The Hall–Kier alpha value is -1.51. The molecule has 3 heterocycles. The Balaban J connectivity index is 1.45. The topological polar surface area (TPSA) is 92.4 Å². The molecule has 2 N–H and O–H groups in total. The second kappa shape index (κ2) is 7.85. The summed E-state index contributed by atoms with van der Waals surface area (Å²) in [7, 11) is 0. The number of rotatable bonds is 6. The van der Waals surface area contributed by atoms with Gasteiger partial charge in [-0.3, -0.25) is 14.8 Å². The van der Waals surface area contributed by atoms with E-state index in [0.29, 0.717) is 32.1 Å². The average Bonchev–Trinajstić information content (AvgIpc) is 3.24. The molecular weight excluding hydrogens is 298 g/mol. The molecule has 8 nitrogen and oxygen atoms in total. The molecule has 2 aliphatic heterocycles. The lowest BCUT2D eigenvalue weighted by Gasteiger charge is -2.31. The molecule has 0 unspecified atom stereocenters. The Labute approximate surface area is 135 Å². The van der Waals surface area contributed by atoms with Gasteiger partial charge in [-0.2, -0.15) is 5.10 Å². The van der Waals surface area contributed by atoms with Crippen molar-refractivity contribution in [3.8, 4) is 0 Å². The minimum Gasteiger partial charge on any atom is -0.376 e. The van der Waals surface area contributed by atoms with Crippen LogP contribution < -0.4 is 5.32 Å². The van der Waals surface area contributed by atoms with Crippen molar-refractivity contribution in [3.63, 3.8) is 0 Å². The van der Waals surface area contributed by atoms with Crippen molar-refractivity contribution in [2.45, 2.75) is 38.4 Å². The van der Waals surface area contributed by atoms with Gasteiger partial charge >= 0.3 is 0 Å². The second-order valence-corrected chi connectivity index (χ2v) is 6.03. The number of nitrogens with zero attached hydrogens (tertiary/aromatic N) is 3. The number of H-pyrrole nitrogens is 1. The molecule has 1 aromatic heterocycles. The van der Waals surface area contributed by atoms with Crippen LogP contribution in [0.1, 0.15) is 37.5 Å². The van der Waals surface area contributed by atoms with Crippen molar-refractivity contribution >= 4 is 5.91 Å². The van der Waals surface area contributed by atoms with E-state index in [1.165, 1.54) is 0 Å². The number of hydrogen-bond acceptors (Lipinski definition) is 6. The summed E-state index contributed by atoms with van der Waals surface area (Å²) in [5.74, 6) is 1.56. The molecular formula is C15H25N5O3. The molecule has 0 spiro atoms. The van der Waals surface area contributed by atoms with Gasteiger partial charge in [-0.1, -0.05) is 6.92 Å². The van der Waals surface area contributed by atoms with Crippen molar-refractivity contribution in [1.29, 1.82) is 0 Å². The summed E-state index contributed by atoms with van der Waals surface area (Å²) < 4.78 is 11.2. The van der Waals surface area contributed by atoms with Crippen LogP contribution in [0.25, 0.3) is 0 Å². The lowest BCUT2D eigenvalue weighted by atomic mass is 10.2. The number of carbonyl (C=O) groups excluding carboxylic acids is 1. The van der Waals surface area contributed by atoms with Crippen LogP contribution in [-0.4, -0.2) is 71.5 Å². The SMILES string of the molecule is CCc1nc([C@H]2CN(CC(=O)NC[C@H]3CCCO3)CCO2)n[nH]1. The standard InChI is InChI=1S/C15H25N5O3/c1-2-13-17-15(19-18-13)12-9-20(5-7-23-12)10-14(21)16-8-11-4-3-6-22-11/h11-12H,2-10H2,1H3,(H,16,21)(H,17,18,19)/t11-,12-/m1/s1. The summed E-state index contributed by atoms with van der Waals surface area (Å²) in [5, 5.41) is 10.1. The summed E-state index contributed by atoms with van der Waals surface area (Å²) in [6.45, 7) is 5.77. The average molecular weight is 323 g/mol. The van der Waals surface area contributed by atoms with Crippen LogP contribution in [0, 0.1) is 0 Å². The molecule has 0 radical (unpaired) electrons. The zero-order chi connectivity index (χ0) is 16.1. The van der Waals surface area contributed by atoms with Gasteiger partial charge in [0.1, 0.15) is 11.9 Å².